The summed E-state index contributed by atoms with van der Waals surface area (Å²) in [6.45, 7) is 5.86. The minimum atomic E-state index is -1.92. The van der Waals surface area contributed by atoms with Gasteiger partial charge in [-0.15, -0.1) is 0 Å². The molecule has 12 heteroatoms. The van der Waals surface area contributed by atoms with Gasteiger partial charge in [-0.2, -0.15) is 0 Å². The number of aliphatic hydroxyl groups is 2. The van der Waals surface area contributed by atoms with Gasteiger partial charge in [-0.25, -0.2) is 4.79 Å². The first kappa shape index (κ1) is 74.9. The van der Waals surface area contributed by atoms with Gasteiger partial charge >= 0.3 is 23.9 Å². The van der Waals surface area contributed by atoms with Crippen LogP contribution in [0, 0.1) is 0 Å². The van der Waals surface area contributed by atoms with Gasteiger partial charge in [0.15, 0.2) is 24.6 Å². The second-order valence-electron chi connectivity index (χ2n) is 22.0. The molecule has 1 fully saturated rings. The van der Waals surface area contributed by atoms with E-state index in [1.54, 1.807) is 0 Å². The summed E-state index contributed by atoms with van der Waals surface area (Å²) >= 11 is 0. The molecule has 0 saturated carbocycles. The highest BCUT2D eigenvalue weighted by atomic mass is 16.7. The zero-order chi connectivity index (χ0) is 58.9. The SMILES string of the molecule is CC/C=C\C/C=C\C/C=C\C/C=C\C/C=C\CCCCCC(=O)OC1C(OCC(COC(=O)CCCCCCCCCCC/C=C\CCCCCCCC)OC(=O)CCCCCCC/C=C\CCCCCC)OC(C(=O)O)C(O)C1O. The van der Waals surface area contributed by atoms with Crippen molar-refractivity contribution >= 4 is 23.9 Å². The lowest BCUT2D eigenvalue weighted by Gasteiger charge is -2.40. The first-order chi connectivity index (χ1) is 39.6. The monoisotopic (exact) mass is 1140 g/mol. The van der Waals surface area contributed by atoms with Crippen LogP contribution in [0.25, 0.3) is 0 Å². The van der Waals surface area contributed by atoms with Gasteiger partial charge in [0.25, 0.3) is 0 Å². The van der Waals surface area contributed by atoms with Crippen LogP contribution in [0.4, 0.5) is 0 Å². The molecule has 3 N–H and O–H groups in total. The maximum atomic E-state index is 13.2. The number of unbranched alkanes of at least 4 members (excludes halogenated alkanes) is 27. The molecule has 81 heavy (non-hydrogen) atoms. The Balaban J connectivity index is 2.66. The number of carboxylic acids is 1. The number of ether oxygens (including phenoxy) is 5. The van der Waals surface area contributed by atoms with E-state index >= 15 is 0 Å². The highest BCUT2D eigenvalue weighted by molar-refractivity contribution is 5.74. The van der Waals surface area contributed by atoms with Crippen molar-refractivity contribution in [3.05, 3.63) is 85.1 Å². The van der Waals surface area contributed by atoms with E-state index in [2.05, 4.69) is 106 Å². The molecule has 0 aliphatic carbocycles. The van der Waals surface area contributed by atoms with Gasteiger partial charge in [0, 0.05) is 19.3 Å². The van der Waals surface area contributed by atoms with Crippen molar-refractivity contribution in [1.82, 2.24) is 0 Å². The second-order valence-corrected chi connectivity index (χ2v) is 22.0. The molecule has 0 amide bonds. The van der Waals surface area contributed by atoms with E-state index in [-0.39, 0.29) is 25.9 Å². The van der Waals surface area contributed by atoms with Crippen molar-refractivity contribution in [1.29, 1.82) is 0 Å². The third-order valence-corrected chi connectivity index (χ3v) is 14.4. The van der Waals surface area contributed by atoms with Crippen molar-refractivity contribution < 1.29 is 58.2 Å². The van der Waals surface area contributed by atoms with Crippen LogP contribution in [-0.2, 0) is 42.9 Å². The number of hydrogen-bond acceptors (Lipinski definition) is 11. The molecule has 1 aliphatic heterocycles. The number of carbonyl (C=O) groups excluding carboxylic acids is 3. The zero-order valence-corrected chi connectivity index (χ0v) is 51.3. The predicted molar refractivity (Wildman–Crippen MR) is 331 cm³/mol. The lowest BCUT2D eigenvalue weighted by Crippen LogP contribution is -2.61. The molecule has 1 saturated heterocycles. The Morgan fingerprint density at radius 1 is 0.420 bits per heavy atom. The Hall–Kier alpha value is -4.10. The fraction of sp³-hybridized carbons (Fsp3) is 0.739. The molecule has 0 radical (unpaired) electrons. The van der Waals surface area contributed by atoms with Crippen molar-refractivity contribution in [3.8, 4) is 0 Å². The van der Waals surface area contributed by atoms with Crippen LogP contribution in [0.5, 0.6) is 0 Å². The molecule has 6 unspecified atom stereocenters. The Labute approximate surface area is 492 Å². The summed E-state index contributed by atoms with van der Waals surface area (Å²) in [6, 6.07) is 0. The van der Waals surface area contributed by atoms with Crippen LogP contribution in [0.1, 0.15) is 278 Å². The van der Waals surface area contributed by atoms with E-state index in [4.69, 9.17) is 23.7 Å². The molecular weight excluding hydrogens is 1020 g/mol. The second kappa shape index (κ2) is 56.4. The number of hydrogen-bond donors (Lipinski definition) is 3. The van der Waals surface area contributed by atoms with E-state index in [1.807, 2.05) is 0 Å². The van der Waals surface area contributed by atoms with Crippen molar-refractivity contribution in [3.63, 3.8) is 0 Å². The molecule has 0 aromatic carbocycles. The minimum Gasteiger partial charge on any atom is -0.479 e. The lowest BCUT2D eigenvalue weighted by atomic mass is 9.98. The molecule has 6 atom stereocenters. The number of carbonyl (C=O) groups is 4. The third kappa shape index (κ3) is 46.0. The maximum Gasteiger partial charge on any atom is 0.335 e. The van der Waals surface area contributed by atoms with Crippen LogP contribution in [0.3, 0.4) is 0 Å². The fourth-order valence-electron chi connectivity index (χ4n) is 9.44. The summed E-state index contributed by atoms with van der Waals surface area (Å²) in [4.78, 5) is 51.3. The summed E-state index contributed by atoms with van der Waals surface area (Å²) in [5, 5.41) is 31.6. The molecule has 0 spiro atoms. The highest BCUT2D eigenvalue weighted by Gasteiger charge is 2.50. The van der Waals surface area contributed by atoms with Crippen molar-refractivity contribution in [2.24, 2.45) is 0 Å². The first-order valence-corrected chi connectivity index (χ1v) is 32.6. The van der Waals surface area contributed by atoms with E-state index in [1.165, 1.54) is 109 Å². The Bertz CT molecular complexity index is 1730. The van der Waals surface area contributed by atoms with Crippen LogP contribution < -0.4 is 0 Å². The Morgan fingerprint density at radius 3 is 1.22 bits per heavy atom. The number of aliphatic carboxylic acids is 1. The number of carboxylic acid groups (broad SMARTS) is 1. The number of esters is 3. The minimum absolute atomic E-state index is 0.0180. The van der Waals surface area contributed by atoms with Crippen molar-refractivity contribution in [2.75, 3.05) is 13.2 Å². The van der Waals surface area contributed by atoms with Gasteiger partial charge in [0.1, 0.15) is 18.8 Å². The van der Waals surface area contributed by atoms with Gasteiger partial charge in [-0.1, -0.05) is 228 Å². The Kier molecular flexibility index (Phi) is 52.1. The summed E-state index contributed by atoms with van der Waals surface area (Å²) in [6.07, 6.45) is 61.1. The molecular formula is C69H116O12. The summed E-state index contributed by atoms with van der Waals surface area (Å²) in [7, 11) is 0. The average molecular weight is 1140 g/mol. The van der Waals surface area contributed by atoms with Crippen LogP contribution in [0.2, 0.25) is 0 Å². The molecule has 1 aliphatic rings. The predicted octanol–water partition coefficient (Wildman–Crippen LogP) is 17.5. The normalized spacial score (nSPS) is 18.3. The number of allylic oxidation sites excluding steroid dienone is 14. The van der Waals surface area contributed by atoms with E-state index in [0.717, 1.165) is 109 Å². The average Bonchev–Trinajstić information content (AvgIpc) is 3.54. The smallest absolute Gasteiger partial charge is 0.335 e. The molecule has 0 aromatic rings. The molecule has 12 nitrogen and oxygen atoms in total. The molecule has 1 rings (SSSR count). The summed E-state index contributed by atoms with van der Waals surface area (Å²) in [5.41, 5.74) is 0. The molecule has 464 valence electrons. The zero-order valence-electron chi connectivity index (χ0n) is 51.3. The number of aliphatic hydroxyl groups excluding tert-OH is 2. The van der Waals surface area contributed by atoms with Gasteiger partial charge in [-0.3, -0.25) is 14.4 Å². The van der Waals surface area contributed by atoms with E-state index in [9.17, 15) is 34.5 Å². The lowest BCUT2D eigenvalue weighted by molar-refractivity contribution is -0.301. The maximum absolute atomic E-state index is 13.2. The van der Waals surface area contributed by atoms with E-state index < -0.39 is 67.3 Å². The van der Waals surface area contributed by atoms with E-state index in [0.29, 0.717) is 19.3 Å². The third-order valence-electron chi connectivity index (χ3n) is 14.4. The van der Waals surface area contributed by atoms with Crippen LogP contribution in [-0.4, -0.2) is 89.2 Å². The molecule has 1 heterocycles. The number of rotatable bonds is 55. The Morgan fingerprint density at radius 2 is 0.778 bits per heavy atom. The molecule has 0 aromatic heterocycles. The van der Waals surface area contributed by atoms with Crippen LogP contribution >= 0.6 is 0 Å². The first-order valence-electron chi connectivity index (χ1n) is 32.6. The fourth-order valence-corrected chi connectivity index (χ4v) is 9.44. The summed E-state index contributed by atoms with van der Waals surface area (Å²) < 4.78 is 28.5. The topological polar surface area (TPSA) is 175 Å². The highest BCUT2D eigenvalue weighted by Crippen LogP contribution is 2.26. The van der Waals surface area contributed by atoms with Crippen LogP contribution in [0.15, 0.2) is 85.1 Å². The van der Waals surface area contributed by atoms with Gasteiger partial charge in [-0.05, 0) is 116 Å². The van der Waals surface area contributed by atoms with Crippen molar-refractivity contribution in [2.45, 2.75) is 314 Å². The standard InChI is InChI=1S/C69H116O12/c1-4-7-10-13-16-19-22-25-27-29-31-33-35-38-40-43-46-49-52-55-61(70)77-58-60(79-62(71)56-53-50-47-44-41-37-24-21-18-15-12-9-6-3)59-78-69-67(65(74)64(73)66(81-69)68(75)76)80-63(72)57-54-51-48-45-42-39-36-34-32-30-28-26-23-20-17-14-11-8-5-2/h8,11,17,20-21,24-28,32,34,39,42,60,64-67,69,73-74H,4-7,9-10,12-16,18-19,22-23,29-31,33,35-38,40-41,43-59H2,1-3H3,(H,75,76)/b11-8-,20-17-,24-21-,27-25-,28-26-,34-32-,42-39-. The largest absolute Gasteiger partial charge is 0.479 e. The van der Waals surface area contributed by atoms with Gasteiger partial charge < -0.3 is 39.0 Å². The quantitative estimate of drug-likeness (QED) is 0.0228. The van der Waals surface area contributed by atoms with Gasteiger partial charge in [0.2, 0.25) is 0 Å². The summed E-state index contributed by atoms with van der Waals surface area (Å²) in [5.74, 6) is -3.17. The van der Waals surface area contributed by atoms with Gasteiger partial charge in [0.05, 0.1) is 6.61 Å². The molecule has 0 bridgehead atoms.